The number of nitro groups is 2. The zero-order valence-corrected chi connectivity index (χ0v) is 12.5. The van der Waals surface area contributed by atoms with Gasteiger partial charge in [-0.1, -0.05) is 0 Å². The Kier molecular flexibility index (Phi) is 7.20. The third kappa shape index (κ3) is 6.02. The van der Waals surface area contributed by atoms with Crippen molar-refractivity contribution in [3.63, 3.8) is 0 Å². The summed E-state index contributed by atoms with van der Waals surface area (Å²) in [5.41, 5.74) is -0.436. The van der Waals surface area contributed by atoms with Crippen molar-refractivity contribution >= 4 is 17.1 Å². The van der Waals surface area contributed by atoms with Crippen LogP contribution >= 0.6 is 0 Å². The van der Waals surface area contributed by atoms with Gasteiger partial charge in [0, 0.05) is 12.6 Å². The summed E-state index contributed by atoms with van der Waals surface area (Å²) in [6.07, 6.45) is 0.143. The molecular weight excluding hydrogens is 294 g/mol. The first-order chi connectivity index (χ1) is 10.4. The number of hydrogen-bond acceptors (Lipinski definition) is 7. The average Bonchev–Trinajstić information content (AvgIpc) is 2.45. The normalized spacial score (nSPS) is 10.7. The van der Waals surface area contributed by atoms with Crippen LogP contribution in [0.25, 0.3) is 0 Å². The molecule has 22 heavy (non-hydrogen) atoms. The van der Waals surface area contributed by atoms with Gasteiger partial charge in [-0.2, -0.15) is 0 Å². The maximum atomic E-state index is 10.9. The molecule has 0 amide bonds. The van der Waals surface area contributed by atoms with E-state index in [2.05, 4.69) is 5.32 Å². The molecule has 0 heterocycles. The molecule has 0 aliphatic heterocycles. The Morgan fingerprint density at radius 1 is 1.14 bits per heavy atom. The summed E-state index contributed by atoms with van der Waals surface area (Å²) in [5.74, 6) is 0. The molecule has 0 aliphatic rings. The Bertz CT molecular complexity index is 520. The number of nitro benzene ring substituents is 2. The summed E-state index contributed by atoms with van der Waals surface area (Å²) in [6, 6.07) is 3.46. The van der Waals surface area contributed by atoms with E-state index in [-0.39, 0.29) is 23.2 Å². The van der Waals surface area contributed by atoms with Gasteiger partial charge >= 0.3 is 0 Å². The molecule has 0 aromatic heterocycles. The van der Waals surface area contributed by atoms with Crippen LogP contribution in [-0.2, 0) is 9.47 Å². The maximum absolute atomic E-state index is 10.9. The lowest BCUT2D eigenvalue weighted by Gasteiger charge is -2.09. The lowest BCUT2D eigenvalue weighted by atomic mass is 10.2. The van der Waals surface area contributed by atoms with Crippen LogP contribution in [0.5, 0.6) is 0 Å². The first-order valence-corrected chi connectivity index (χ1v) is 6.78. The fourth-order valence-corrected chi connectivity index (χ4v) is 1.64. The predicted molar refractivity (Wildman–Crippen MR) is 80.1 cm³/mol. The minimum Gasteiger partial charge on any atom is -0.377 e. The number of non-ortho nitro benzene ring substituents is 1. The third-order valence-electron chi connectivity index (χ3n) is 2.63. The van der Waals surface area contributed by atoms with Gasteiger partial charge in [0.2, 0.25) is 0 Å². The van der Waals surface area contributed by atoms with Crippen LogP contribution in [0.2, 0.25) is 0 Å². The molecule has 0 aliphatic carbocycles. The van der Waals surface area contributed by atoms with Gasteiger partial charge in [0.25, 0.3) is 11.4 Å². The van der Waals surface area contributed by atoms with Crippen molar-refractivity contribution < 1.29 is 19.3 Å². The molecule has 1 aromatic rings. The smallest absolute Gasteiger partial charge is 0.299 e. The Morgan fingerprint density at radius 2 is 1.86 bits per heavy atom. The minimum absolute atomic E-state index is 0.143. The highest BCUT2D eigenvalue weighted by atomic mass is 16.6. The second kappa shape index (κ2) is 8.90. The number of nitrogens with one attached hydrogen (secondary N) is 1. The van der Waals surface area contributed by atoms with Gasteiger partial charge in [-0.05, 0) is 19.9 Å². The van der Waals surface area contributed by atoms with Crippen molar-refractivity contribution in [3.8, 4) is 0 Å². The van der Waals surface area contributed by atoms with E-state index in [9.17, 15) is 20.2 Å². The highest BCUT2D eigenvalue weighted by Crippen LogP contribution is 2.28. The summed E-state index contributed by atoms with van der Waals surface area (Å²) in [4.78, 5) is 20.2. The molecule has 1 aromatic carbocycles. The van der Waals surface area contributed by atoms with Crippen molar-refractivity contribution in [3.05, 3.63) is 38.4 Å². The van der Waals surface area contributed by atoms with Crippen LogP contribution in [0.3, 0.4) is 0 Å². The molecule has 0 bridgehead atoms. The standard InChI is InChI=1S/C13H19N3O6/c1-10(2)22-8-7-21-6-5-14-12-4-3-11(15(17)18)9-13(12)16(19)20/h3-4,9-10,14H,5-8H2,1-2H3. The highest BCUT2D eigenvalue weighted by molar-refractivity contribution is 5.65. The topological polar surface area (TPSA) is 117 Å². The van der Waals surface area contributed by atoms with Gasteiger partial charge in [-0.15, -0.1) is 0 Å². The van der Waals surface area contributed by atoms with Crippen molar-refractivity contribution in [2.24, 2.45) is 0 Å². The van der Waals surface area contributed by atoms with Gasteiger partial charge < -0.3 is 14.8 Å². The fraction of sp³-hybridized carbons (Fsp3) is 0.538. The molecule has 0 atom stereocenters. The first-order valence-electron chi connectivity index (χ1n) is 6.78. The molecule has 9 heteroatoms. The molecule has 0 unspecified atom stereocenters. The first kappa shape index (κ1) is 17.8. The molecule has 0 fully saturated rings. The van der Waals surface area contributed by atoms with Crippen LogP contribution in [-0.4, -0.2) is 42.3 Å². The average molecular weight is 313 g/mol. The fourth-order valence-electron chi connectivity index (χ4n) is 1.64. The Morgan fingerprint density at radius 3 is 2.45 bits per heavy atom. The maximum Gasteiger partial charge on any atom is 0.299 e. The number of hydrogen-bond donors (Lipinski definition) is 1. The van der Waals surface area contributed by atoms with E-state index in [1.54, 1.807) is 0 Å². The van der Waals surface area contributed by atoms with E-state index < -0.39 is 9.85 Å². The monoisotopic (exact) mass is 313 g/mol. The van der Waals surface area contributed by atoms with Crippen molar-refractivity contribution in [2.75, 3.05) is 31.7 Å². The van der Waals surface area contributed by atoms with Crippen LogP contribution in [0, 0.1) is 20.2 Å². The number of benzene rings is 1. The zero-order chi connectivity index (χ0) is 16.5. The molecule has 1 rings (SSSR count). The van der Waals surface area contributed by atoms with Crippen LogP contribution in [0.1, 0.15) is 13.8 Å². The SMILES string of the molecule is CC(C)OCCOCCNc1ccc([N+](=O)[O-])cc1[N+](=O)[O-]. The van der Waals surface area contributed by atoms with Crippen LogP contribution < -0.4 is 5.32 Å². The molecule has 0 spiro atoms. The quantitative estimate of drug-likeness (QED) is 0.400. The van der Waals surface area contributed by atoms with Crippen molar-refractivity contribution in [2.45, 2.75) is 20.0 Å². The summed E-state index contributed by atoms with van der Waals surface area (Å²) in [6.45, 7) is 5.46. The van der Waals surface area contributed by atoms with Gasteiger partial charge in [-0.25, -0.2) is 0 Å². The summed E-state index contributed by atoms with van der Waals surface area (Å²) in [5, 5.41) is 24.4. The Labute approximate surface area is 127 Å². The molecule has 0 saturated carbocycles. The van der Waals surface area contributed by atoms with Crippen LogP contribution in [0.4, 0.5) is 17.1 Å². The second-order valence-corrected chi connectivity index (χ2v) is 4.67. The number of ether oxygens (including phenoxy) is 2. The number of rotatable bonds is 10. The summed E-state index contributed by atoms with van der Waals surface area (Å²) < 4.78 is 10.6. The van der Waals surface area contributed by atoms with Gasteiger partial charge in [0.1, 0.15) is 5.69 Å². The minimum atomic E-state index is -0.672. The zero-order valence-electron chi connectivity index (χ0n) is 12.5. The Hall–Kier alpha value is -2.26. The molecule has 9 nitrogen and oxygen atoms in total. The van der Waals surface area contributed by atoms with E-state index >= 15 is 0 Å². The predicted octanol–water partition coefficient (Wildman–Crippen LogP) is 2.36. The molecule has 0 saturated heterocycles. The molecule has 1 N–H and O–H groups in total. The van der Waals surface area contributed by atoms with Gasteiger partial charge in [0.05, 0.1) is 41.8 Å². The summed E-state index contributed by atoms with van der Waals surface area (Å²) >= 11 is 0. The number of nitrogens with zero attached hydrogens (tertiary/aromatic N) is 2. The number of anilines is 1. The summed E-state index contributed by atoms with van der Waals surface area (Å²) in [7, 11) is 0. The van der Waals surface area contributed by atoms with E-state index in [1.807, 2.05) is 13.8 Å². The van der Waals surface area contributed by atoms with Crippen LogP contribution in [0.15, 0.2) is 18.2 Å². The van der Waals surface area contributed by atoms with Gasteiger partial charge in [-0.3, -0.25) is 20.2 Å². The largest absolute Gasteiger partial charge is 0.377 e. The molecular formula is C13H19N3O6. The van der Waals surface area contributed by atoms with E-state index in [0.717, 1.165) is 6.07 Å². The van der Waals surface area contributed by atoms with Gasteiger partial charge in [0.15, 0.2) is 0 Å². The second-order valence-electron chi connectivity index (χ2n) is 4.67. The third-order valence-corrected chi connectivity index (χ3v) is 2.63. The lowest BCUT2D eigenvalue weighted by molar-refractivity contribution is -0.393. The van der Waals surface area contributed by atoms with E-state index in [4.69, 9.17) is 9.47 Å². The Balaban J connectivity index is 2.45. The highest BCUT2D eigenvalue weighted by Gasteiger charge is 2.18. The van der Waals surface area contributed by atoms with E-state index in [1.165, 1.54) is 12.1 Å². The van der Waals surface area contributed by atoms with E-state index in [0.29, 0.717) is 26.4 Å². The molecule has 0 radical (unpaired) electrons. The van der Waals surface area contributed by atoms with Crippen molar-refractivity contribution in [1.82, 2.24) is 0 Å². The molecule has 122 valence electrons. The lowest BCUT2D eigenvalue weighted by Crippen LogP contribution is -2.14. The van der Waals surface area contributed by atoms with Crippen molar-refractivity contribution in [1.29, 1.82) is 0 Å².